The summed E-state index contributed by atoms with van der Waals surface area (Å²) in [7, 11) is 0. The first-order valence-electron chi connectivity index (χ1n) is 7.54. The molecule has 0 radical (unpaired) electrons. The Morgan fingerprint density at radius 3 is 2.60 bits per heavy atom. The van der Waals surface area contributed by atoms with Crippen molar-refractivity contribution in [1.82, 2.24) is 0 Å². The number of alkyl halides is 1. The van der Waals surface area contributed by atoms with Crippen molar-refractivity contribution in [2.24, 2.45) is 0 Å². The van der Waals surface area contributed by atoms with Gasteiger partial charge in [0, 0.05) is 19.6 Å². The third-order valence-electron chi connectivity index (χ3n) is 3.81. The minimum atomic E-state index is -0.505. The van der Waals surface area contributed by atoms with E-state index in [0.29, 0.717) is 6.54 Å². The van der Waals surface area contributed by atoms with Crippen molar-refractivity contribution in [1.29, 1.82) is 0 Å². The molecule has 1 atom stereocenters. The van der Waals surface area contributed by atoms with Crippen LogP contribution in [-0.2, 0) is 0 Å². The lowest BCUT2D eigenvalue weighted by Gasteiger charge is -2.26. The molecule has 0 amide bonds. The van der Waals surface area contributed by atoms with Gasteiger partial charge in [0.2, 0.25) is 0 Å². The SMILES string of the molecule is Cc1ccc(N2CCCCCC2)c(NCC(O)CCl)c1. The Hall–Kier alpha value is -0.930. The van der Waals surface area contributed by atoms with E-state index in [4.69, 9.17) is 11.6 Å². The second kappa shape index (κ2) is 7.75. The Morgan fingerprint density at radius 2 is 1.95 bits per heavy atom. The Balaban J connectivity index is 2.13. The standard InChI is InChI=1S/C16H25ClN2O/c1-13-6-7-16(19-8-4-2-3-5-9-19)15(10-13)18-12-14(20)11-17/h6-7,10,14,18,20H,2-5,8-9,11-12H2,1H3. The number of benzene rings is 1. The van der Waals surface area contributed by atoms with Crippen LogP contribution in [0.3, 0.4) is 0 Å². The van der Waals surface area contributed by atoms with Gasteiger partial charge in [0.05, 0.1) is 23.4 Å². The first-order chi connectivity index (χ1) is 9.70. The fourth-order valence-electron chi connectivity index (χ4n) is 2.66. The van der Waals surface area contributed by atoms with E-state index >= 15 is 0 Å². The van der Waals surface area contributed by atoms with Crippen LogP contribution in [0.15, 0.2) is 18.2 Å². The van der Waals surface area contributed by atoms with Crippen molar-refractivity contribution >= 4 is 23.0 Å². The van der Waals surface area contributed by atoms with E-state index in [9.17, 15) is 5.11 Å². The number of hydrogen-bond donors (Lipinski definition) is 2. The Morgan fingerprint density at radius 1 is 1.25 bits per heavy atom. The quantitative estimate of drug-likeness (QED) is 0.818. The molecular weight excluding hydrogens is 272 g/mol. The molecule has 1 fully saturated rings. The molecule has 1 aliphatic heterocycles. The molecule has 3 nitrogen and oxygen atoms in total. The molecule has 1 aromatic rings. The van der Waals surface area contributed by atoms with Crippen LogP contribution in [0.25, 0.3) is 0 Å². The molecule has 0 saturated carbocycles. The van der Waals surface area contributed by atoms with Gasteiger partial charge in [0.25, 0.3) is 0 Å². The molecule has 0 bridgehead atoms. The summed E-state index contributed by atoms with van der Waals surface area (Å²) in [5.74, 6) is 0.262. The Kier molecular flexibility index (Phi) is 5.99. The van der Waals surface area contributed by atoms with Gasteiger partial charge in [-0.3, -0.25) is 0 Å². The summed E-state index contributed by atoms with van der Waals surface area (Å²) >= 11 is 5.66. The summed E-state index contributed by atoms with van der Waals surface area (Å²) < 4.78 is 0. The summed E-state index contributed by atoms with van der Waals surface area (Å²) in [6.45, 7) is 4.83. The van der Waals surface area contributed by atoms with Crippen LogP contribution in [-0.4, -0.2) is 36.7 Å². The summed E-state index contributed by atoms with van der Waals surface area (Å²) in [6.07, 6.45) is 4.68. The third-order valence-corrected chi connectivity index (χ3v) is 4.16. The topological polar surface area (TPSA) is 35.5 Å². The highest BCUT2D eigenvalue weighted by molar-refractivity contribution is 6.18. The van der Waals surface area contributed by atoms with E-state index in [0.717, 1.165) is 18.8 Å². The zero-order chi connectivity index (χ0) is 14.4. The maximum absolute atomic E-state index is 9.63. The molecule has 20 heavy (non-hydrogen) atoms. The fourth-order valence-corrected chi connectivity index (χ4v) is 2.77. The number of aliphatic hydroxyl groups excluding tert-OH is 1. The van der Waals surface area contributed by atoms with Crippen LogP contribution in [0.1, 0.15) is 31.2 Å². The lowest BCUT2D eigenvalue weighted by Crippen LogP contribution is -2.26. The summed E-state index contributed by atoms with van der Waals surface area (Å²) in [6, 6.07) is 6.50. The summed E-state index contributed by atoms with van der Waals surface area (Å²) in [4.78, 5) is 2.46. The van der Waals surface area contributed by atoms with Crippen molar-refractivity contribution in [3.8, 4) is 0 Å². The van der Waals surface area contributed by atoms with Crippen LogP contribution in [0.5, 0.6) is 0 Å². The second-order valence-corrected chi connectivity index (χ2v) is 5.92. The molecule has 2 N–H and O–H groups in total. The number of halogens is 1. The smallest absolute Gasteiger partial charge is 0.0847 e. The normalized spacial score (nSPS) is 17.6. The van der Waals surface area contributed by atoms with E-state index in [1.54, 1.807) is 0 Å². The molecule has 1 aromatic carbocycles. The number of anilines is 2. The largest absolute Gasteiger partial charge is 0.390 e. The van der Waals surface area contributed by atoms with E-state index in [2.05, 4.69) is 35.3 Å². The highest BCUT2D eigenvalue weighted by Crippen LogP contribution is 2.29. The molecular formula is C16H25ClN2O. The zero-order valence-electron chi connectivity index (χ0n) is 12.2. The van der Waals surface area contributed by atoms with Gasteiger partial charge in [0.15, 0.2) is 0 Å². The van der Waals surface area contributed by atoms with Gasteiger partial charge in [-0.25, -0.2) is 0 Å². The van der Waals surface area contributed by atoms with Gasteiger partial charge >= 0.3 is 0 Å². The van der Waals surface area contributed by atoms with Crippen LogP contribution in [0.2, 0.25) is 0 Å². The van der Waals surface area contributed by atoms with Gasteiger partial charge in [0.1, 0.15) is 0 Å². The van der Waals surface area contributed by atoms with E-state index in [1.165, 1.54) is 36.9 Å². The van der Waals surface area contributed by atoms with Crippen molar-refractivity contribution in [3.05, 3.63) is 23.8 Å². The van der Waals surface area contributed by atoms with Crippen LogP contribution in [0.4, 0.5) is 11.4 Å². The maximum atomic E-state index is 9.63. The molecule has 1 saturated heterocycles. The molecule has 1 unspecified atom stereocenters. The number of aryl methyl sites for hydroxylation is 1. The fraction of sp³-hybridized carbons (Fsp3) is 0.625. The molecule has 1 aliphatic rings. The van der Waals surface area contributed by atoms with Crippen LogP contribution < -0.4 is 10.2 Å². The van der Waals surface area contributed by atoms with Crippen molar-refractivity contribution in [2.45, 2.75) is 38.7 Å². The molecule has 0 aromatic heterocycles. The first kappa shape index (κ1) is 15.5. The van der Waals surface area contributed by atoms with Crippen LogP contribution in [0, 0.1) is 6.92 Å². The molecule has 0 aliphatic carbocycles. The number of nitrogens with zero attached hydrogens (tertiary/aromatic N) is 1. The van der Waals surface area contributed by atoms with Crippen molar-refractivity contribution < 1.29 is 5.11 Å². The zero-order valence-corrected chi connectivity index (χ0v) is 13.0. The molecule has 2 rings (SSSR count). The summed E-state index contributed by atoms with van der Waals surface area (Å²) in [5.41, 5.74) is 3.58. The average molecular weight is 297 g/mol. The molecule has 1 heterocycles. The summed E-state index contributed by atoms with van der Waals surface area (Å²) in [5, 5.41) is 13.0. The lowest BCUT2D eigenvalue weighted by molar-refractivity contribution is 0.211. The van der Waals surface area contributed by atoms with Crippen molar-refractivity contribution in [3.63, 3.8) is 0 Å². The molecule has 0 spiro atoms. The second-order valence-electron chi connectivity index (χ2n) is 5.61. The monoisotopic (exact) mass is 296 g/mol. The van der Waals surface area contributed by atoms with E-state index in [1.807, 2.05) is 0 Å². The predicted molar refractivity (Wildman–Crippen MR) is 87.1 cm³/mol. The maximum Gasteiger partial charge on any atom is 0.0847 e. The number of rotatable bonds is 5. The highest BCUT2D eigenvalue weighted by atomic mass is 35.5. The first-order valence-corrected chi connectivity index (χ1v) is 8.07. The van der Waals surface area contributed by atoms with Crippen LogP contribution >= 0.6 is 11.6 Å². The van der Waals surface area contributed by atoms with Gasteiger partial charge in [-0.1, -0.05) is 18.9 Å². The lowest BCUT2D eigenvalue weighted by atomic mass is 10.1. The highest BCUT2D eigenvalue weighted by Gasteiger charge is 2.14. The van der Waals surface area contributed by atoms with Gasteiger partial charge in [-0.15, -0.1) is 11.6 Å². The van der Waals surface area contributed by atoms with Gasteiger partial charge < -0.3 is 15.3 Å². The number of hydrogen-bond acceptors (Lipinski definition) is 3. The Labute approximate surface area is 126 Å². The van der Waals surface area contributed by atoms with E-state index in [-0.39, 0.29) is 5.88 Å². The molecule has 112 valence electrons. The van der Waals surface area contributed by atoms with Gasteiger partial charge in [-0.2, -0.15) is 0 Å². The minimum absolute atomic E-state index is 0.262. The van der Waals surface area contributed by atoms with Gasteiger partial charge in [-0.05, 0) is 37.5 Å². The average Bonchev–Trinajstić information content (AvgIpc) is 2.73. The van der Waals surface area contributed by atoms with Crippen molar-refractivity contribution in [2.75, 3.05) is 35.7 Å². The van der Waals surface area contributed by atoms with E-state index < -0.39 is 6.10 Å². The number of nitrogens with one attached hydrogen (secondary N) is 1. The predicted octanol–water partition coefficient (Wildman–Crippen LogP) is 3.39. The third kappa shape index (κ3) is 4.29. The minimum Gasteiger partial charge on any atom is -0.390 e. The Bertz CT molecular complexity index is 417. The molecule has 4 heteroatoms. The number of aliphatic hydroxyl groups is 1.